The van der Waals surface area contributed by atoms with E-state index in [9.17, 15) is 0 Å². The fourth-order valence-electron chi connectivity index (χ4n) is 3.66. The molecular formula is C16H20N8OS. The zero-order valence-electron chi connectivity index (χ0n) is 14.4. The van der Waals surface area contributed by atoms with Gasteiger partial charge in [-0.15, -0.1) is 10.2 Å². The molecular weight excluding hydrogens is 352 g/mol. The summed E-state index contributed by atoms with van der Waals surface area (Å²) < 4.78 is 7.84. The number of rotatable bonds is 4. The minimum Gasteiger partial charge on any atom is -0.376 e. The molecule has 0 bridgehead atoms. The van der Waals surface area contributed by atoms with Crippen molar-refractivity contribution in [1.82, 2.24) is 29.7 Å². The topological polar surface area (TPSA) is 85.1 Å². The zero-order valence-corrected chi connectivity index (χ0v) is 15.2. The Kier molecular flexibility index (Phi) is 4.13. The fourth-order valence-corrected chi connectivity index (χ4v) is 4.27. The van der Waals surface area contributed by atoms with Crippen LogP contribution in [0.5, 0.6) is 0 Å². The third-order valence-corrected chi connectivity index (χ3v) is 5.75. The van der Waals surface area contributed by atoms with E-state index in [-0.39, 0.29) is 6.10 Å². The Bertz CT molecular complexity index is 868. The van der Waals surface area contributed by atoms with E-state index >= 15 is 0 Å². The molecule has 2 aliphatic rings. The van der Waals surface area contributed by atoms with Crippen LogP contribution in [0, 0.1) is 0 Å². The highest BCUT2D eigenvalue weighted by Gasteiger charge is 2.24. The van der Waals surface area contributed by atoms with Crippen molar-refractivity contribution in [1.29, 1.82) is 0 Å². The molecule has 1 unspecified atom stereocenters. The van der Waals surface area contributed by atoms with Gasteiger partial charge in [0.05, 0.1) is 19.0 Å². The minimum absolute atomic E-state index is 0.265. The molecule has 3 aromatic heterocycles. The van der Waals surface area contributed by atoms with Crippen molar-refractivity contribution in [2.75, 3.05) is 42.6 Å². The van der Waals surface area contributed by atoms with Gasteiger partial charge in [0, 0.05) is 32.8 Å². The molecule has 136 valence electrons. The second-order valence-electron chi connectivity index (χ2n) is 6.60. The molecule has 0 aromatic carbocycles. The first kappa shape index (κ1) is 15.9. The van der Waals surface area contributed by atoms with Crippen LogP contribution in [0.4, 0.5) is 10.9 Å². The van der Waals surface area contributed by atoms with Crippen LogP contribution in [-0.2, 0) is 11.3 Å². The third-order valence-electron chi connectivity index (χ3n) is 5.00. The fraction of sp³-hybridized carbons (Fsp3) is 0.562. The summed E-state index contributed by atoms with van der Waals surface area (Å²) in [5, 5.41) is 9.08. The van der Waals surface area contributed by atoms with Gasteiger partial charge in [-0.25, -0.2) is 15.0 Å². The van der Waals surface area contributed by atoms with Crippen LogP contribution in [-0.4, -0.2) is 68.6 Å². The quantitative estimate of drug-likeness (QED) is 0.675. The molecule has 9 nitrogen and oxygen atoms in total. The highest BCUT2D eigenvalue weighted by atomic mass is 32.1. The van der Waals surface area contributed by atoms with E-state index in [1.807, 2.05) is 6.33 Å². The maximum Gasteiger partial charge on any atom is 0.208 e. The van der Waals surface area contributed by atoms with Gasteiger partial charge in [-0.1, -0.05) is 11.3 Å². The highest BCUT2D eigenvalue weighted by molar-refractivity contribution is 7.13. The largest absolute Gasteiger partial charge is 0.376 e. The van der Waals surface area contributed by atoms with E-state index < -0.39 is 0 Å². The molecule has 5 heterocycles. The van der Waals surface area contributed by atoms with E-state index in [4.69, 9.17) is 4.74 Å². The Hall–Kier alpha value is -2.33. The molecule has 0 aliphatic carbocycles. The first-order valence-corrected chi connectivity index (χ1v) is 9.80. The number of imidazole rings is 1. The van der Waals surface area contributed by atoms with Gasteiger partial charge >= 0.3 is 0 Å². The van der Waals surface area contributed by atoms with E-state index in [0.29, 0.717) is 0 Å². The molecule has 2 fully saturated rings. The Morgan fingerprint density at radius 3 is 2.77 bits per heavy atom. The van der Waals surface area contributed by atoms with Gasteiger partial charge in [0.2, 0.25) is 5.13 Å². The van der Waals surface area contributed by atoms with Crippen LogP contribution < -0.4 is 9.80 Å². The highest BCUT2D eigenvalue weighted by Crippen LogP contribution is 2.25. The zero-order chi connectivity index (χ0) is 17.3. The van der Waals surface area contributed by atoms with Crippen molar-refractivity contribution in [2.45, 2.75) is 25.5 Å². The number of aromatic nitrogens is 6. The summed E-state index contributed by atoms with van der Waals surface area (Å²) in [4.78, 5) is 18.2. The molecule has 2 saturated heterocycles. The summed E-state index contributed by atoms with van der Waals surface area (Å²) in [5.41, 5.74) is 3.53. The van der Waals surface area contributed by atoms with Crippen molar-refractivity contribution < 1.29 is 4.74 Å². The van der Waals surface area contributed by atoms with Gasteiger partial charge < -0.3 is 19.1 Å². The lowest BCUT2D eigenvalue weighted by atomic mass is 10.2. The summed E-state index contributed by atoms with van der Waals surface area (Å²) in [5.74, 6) is 0.915. The summed E-state index contributed by atoms with van der Waals surface area (Å²) in [7, 11) is 0. The van der Waals surface area contributed by atoms with Crippen molar-refractivity contribution >= 4 is 33.5 Å². The van der Waals surface area contributed by atoms with E-state index in [2.05, 4.69) is 39.5 Å². The van der Waals surface area contributed by atoms with Crippen LogP contribution in [0.25, 0.3) is 11.2 Å². The van der Waals surface area contributed by atoms with Crippen molar-refractivity contribution in [3.63, 3.8) is 0 Å². The van der Waals surface area contributed by atoms with Gasteiger partial charge in [0.25, 0.3) is 0 Å². The first-order valence-electron chi connectivity index (χ1n) is 8.92. The van der Waals surface area contributed by atoms with Gasteiger partial charge in [0.1, 0.15) is 11.8 Å². The molecule has 0 N–H and O–H groups in total. The number of piperazine rings is 1. The van der Waals surface area contributed by atoms with Crippen molar-refractivity contribution in [3.05, 3.63) is 18.2 Å². The Balaban J connectivity index is 1.35. The molecule has 0 radical (unpaired) electrons. The average molecular weight is 372 g/mol. The van der Waals surface area contributed by atoms with E-state index in [0.717, 1.165) is 74.3 Å². The van der Waals surface area contributed by atoms with E-state index in [1.54, 1.807) is 23.2 Å². The number of anilines is 2. The standard InChI is InChI=1S/C16H20N8OS/c1-2-12(25-7-1)8-24-10-19-13-14(17-9-18-15(13)24)22-3-5-23(6-4-22)16-21-20-11-26-16/h9-12H,1-8H2. The molecule has 1 atom stereocenters. The summed E-state index contributed by atoms with van der Waals surface area (Å²) in [6.45, 7) is 5.22. The maximum atomic E-state index is 5.75. The van der Waals surface area contributed by atoms with Crippen molar-refractivity contribution in [2.24, 2.45) is 0 Å². The molecule has 0 spiro atoms. The number of ether oxygens (including phenoxy) is 1. The predicted molar refractivity (Wildman–Crippen MR) is 98.6 cm³/mol. The van der Waals surface area contributed by atoms with Crippen molar-refractivity contribution in [3.8, 4) is 0 Å². The molecule has 0 amide bonds. The number of hydrogen-bond donors (Lipinski definition) is 0. The Morgan fingerprint density at radius 1 is 1.12 bits per heavy atom. The lowest BCUT2D eigenvalue weighted by Gasteiger charge is -2.34. The van der Waals surface area contributed by atoms with Crippen LogP contribution in [0.15, 0.2) is 18.2 Å². The molecule has 5 rings (SSSR count). The smallest absolute Gasteiger partial charge is 0.208 e. The van der Waals surface area contributed by atoms with Crippen LogP contribution in [0.2, 0.25) is 0 Å². The minimum atomic E-state index is 0.265. The van der Waals surface area contributed by atoms with Crippen LogP contribution in [0.1, 0.15) is 12.8 Å². The predicted octanol–water partition coefficient (Wildman–Crippen LogP) is 1.18. The van der Waals surface area contributed by atoms with Crippen LogP contribution >= 0.6 is 11.3 Å². The lowest BCUT2D eigenvalue weighted by Crippen LogP contribution is -2.47. The molecule has 10 heteroatoms. The average Bonchev–Trinajstić information content (AvgIpc) is 3.45. The lowest BCUT2D eigenvalue weighted by molar-refractivity contribution is 0.0978. The number of hydrogen-bond acceptors (Lipinski definition) is 9. The first-order chi connectivity index (χ1) is 12.9. The summed E-state index contributed by atoms with van der Waals surface area (Å²) in [6.07, 6.45) is 6.01. The Labute approximate surface area is 154 Å². The number of fused-ring (bicyclic) bond motifs is 1. The normalized spacial score (nSPS) is 21.0. The van der Waals surface area contributed by atoms with Gasteiger partial charge in [-0.2, -0.15) is 0 Å². The Morgan fingerprint density at radius 2 is 2.00 bits per heavy atom. The van der Waals surface area contributed by atoms with Crippen LogP contribution in [0.3, 0.4) is 0 Å². The van der Waals surface area contributed by atoms with E-state index in [1.165, 1.54) is 0 Å². The molecule has 3 aromatic rings. The SMILES string of the molecule is c1nc(N2CCN(c3nncs3)CC2)c2ncn(CC3CCCO3)c2n1. The molecule has 26 heavy (non-hydrogen) atoms. The molecule has 0 saturated carbocycles. The van der Waals surface area contributed by atoms with Gasteiger partial charge in [0.15, 0.2) is 17.0 Å². The summed E-state index contributed by atoms with van der Waals surface area (Å²) in [6, 6.07) is 0. The monoisotopic (exact) mass is 372 g/mol. The van der Waals surface area contributed by atoms with Gasteiger partial charge in [-0.3, -0.25) is 0 Å². The van der Waals surface area contributed by atoms with Gasteiger partial charge in [-0.05, 0) is 12.8 Å². The second-order valence-corrected chi connectivity index (χ2v) is 7.41. The number of nitrogens with zero attached hydrogens (tertiary/aromatic N) is 8. The maximum absolute atomic E-state index is 5.75. The molecule has 2 aliphatic heterocycles. The third kappa shape index (κ3) is 2.88. The summed E-state index contributed by atoms with van der Waals surface area (Å²) >= 11 is 1.58. The second kappa shape index (κ2) is 6.76.